The number of esters is 2. The van der Waals surface area contributed by atoms with Gasteiger partial charge in [0.1, 0.15) is 42.0 Å². The summed E-state index contributed by atoms with van der Waals surface area (Å²) in [5.41, 5.74) is -0.295. The van der Waals surface area contributed by atoms with Gasteiger partial charge >= 0.3 is 24.0 Å². The number of alkyl carbamates (subject to hydrolysis) is 1. The van der Waals surface area contributed by atoms with Crippen molar-refractivity contribution in [2.45, 2.75) is 69.9 Å². The highest BCUT2D eigenvalue weighted by Gasteiger charge is 2.48. The lowest BCUT2D eigenvalue weighted by molar-refractivity contribution is -0.271. The molecular formula is C47H54ClN5O21. The number of ether oxygens (including phenoxy) is 9. The lowest BCUT2D eigenvalue weighted by Crippen LogP contribution is -2.61. The molecule has 1 saturated heterocycles. The molecule has 5 rings (SSSR count). The minimum absolute atomic E-state index is 0.0168. The van der Waals surface area contributed by atoms with E-state index >= 15 is 0 Å². The number of carbonyl (C=O) groups excluding carboxylic acids is 7. The van der Waals surface area contributed by atoms with Gasteiger partial charge in [-0.3, -0.25) is 34.2 Å². The molecule has 2 aromatic rings. The summed E-state index contributed by atoms with van der Waals surface area (Å²) in [6.45, 7) is 3.14. The molecule has 3 aliphatic heterocycles. The molecule has 0 bridgehead atoms. The van der Waals surface area contributed by atoms with Gasteiger partial charge in [-0.25, -0.2) is 14.4 Å². The summed E-state index contributed by atoms with van der Waals surface area (Å²) in [6, 6.07) is 9.86. The Morgan fingerprint density at radius 2 is 1.49 bits per heavy atom. The Labute approximate surface area is 426 Å². The Bertz CT molecular complexity index is 2480. The van der Waals surface area contributed by atoms with Crippen molar-refractivity contribution in [2.24, 2.45) is 5.92 Å². The fourth-order valence-corrected chi connectivity index (χ4v) is 7.41. The fourth-order valence-electron chi connectivity index (χ4n) is 7.23. The van der Waals surface area contributed by atoms with Gasteiger partial charge in [0, 0.05) is 42.1 Å². The fraction of sp³-hybridized carbons (Fsp3) is 0.468. The Morgan fingerprint density at radius 1 is 0.811 bits per heavy atom. The Balaban J connectivity index is 1.20. The van der Waals surface area contributed by atoms with E-state index < -0.39 is 108 Å². The first-order valence-corrected chi connectivity index (χ1v) is 23.3. The summed E-state index contributed by atoms with van der Waals surface area (Å²) in [5.74, 6) is -9.51. The number of anilines is 1. The number of carboxylic acids is 1. The summed E-state index contributed by atoms with van der Waals surface area (Å²) < 4.78 is 48.8. The van der Waals surface area contributed by atoms with E-state index in [9.17, 15) is 64.0 Å². The number of hydrogen-bond acceptors (Lipinski definition) is 21. The topological polar surface area (TPSA) is 364 Å². The number of fused-ring (bicyclic) bond motifs is 1. The Hall–Kier alpha value is -7.22. The molecule has 3 aliphatic rings. The van der Waals surface area contributed by atoms with E-state index in [1.54, 1.807) is 0 Å². The van der Waals surface area contributed by atoms with Crippen LogP contribution in [0.5, 0.6) is 11.5 Å². The number of rotatable bonds is 27. The van der Waals surface area contributed by atoms with Crippen molar-refractivity contribution in [2.75, 3.05) is 71.3 Å². The number of aliphatic hydroxyl groups is 3. The largest absolute Gasteiger partial charge is 0.479 e. The van der Waals surface area contributed by atoms with Gasteiger partial charge in [-0.05, 0) is 49.7 Å². The van der Waals surface area contributed by atoms with Crippen LogP contribution in [0.4, 0.5) is 10.5 Å². The molecule has 74 heavy (non-hydrogen) atoms. The number of halogens is 1. The third-order valence-electron chi connectivity index (χ3n) is 10.8. The number of benzene rings is 2. The van der Waals surface area contributed by atoms with Crippen molar-refractivity contribution in [1.29, 1.82) is 5.26 Å². The number of aliphatic hydroxyl groups excluding tert-OH is 3. The van der Waals surface area contributed by atoms with Gasteiger partial charge < -0.3 is 73.7 Å². The van der Waals surface area contributed by atoms with Crippen LogP contribution in [-0.4, -0.2) is 170 Å². The van der Waals surface area contributed by atoms with Crippen LogP contribution in [0, 0.1) is 17.2 Å². The van der Waals surface area contributed by atoms with E-state index in [1.807, 2.05) is 6.07 Å². The smallest absolute Gasteiger partial charge is 0.414 e. The third-order valence-corrected chi connectivity index (χ3v) is 11.0. The first kappa shape index (κ1) is 57.7. The molecule has 7 atom stereocenters. The number of aliphatic carboxylic acids is 1. The number of nitriles is 1. The van der Waals surface area contributed by atoms with Gasteiger partial charge in [0.2, 0.25) is 24.0 Å². The summed E-state index contributed by atoms with van der Waals surface area (Å²) in [7, 11) is 0. The summed E-state index contributed by atoms with van der Waals surface area (Å²) >= 11 is 6.26. The summed E-state index contributed by atoms with van der Waals surface area (Å²) in [4.78, 5) is 102. The molecule has 2 aromatic carbocycles. The van der Waals surface area contributed by atoms with Crippen molar-refractivity contribution < 1.29 is 101 Å². The second-order valence-electron chi connectivity index (χ2n) is 15.9. The molecule has 0 aliphatic carbocycles. The van der Waals surface area contributed by atoms with E-state index in [2.05, 4.69) is 16.0 Å². The van der Waals surface area contributed by atoms with Crippen LogP contribution >= 0.6 is 11.6 Å². The van der Waals surface area contributed by atoms with Crippen LogP contribution in [0.1, 0.15) is 43.7 Å². The van der Waals surface area contributed by atoms with E-state index in [1.165, 1.54) is 62.4 Å². The standard InChI is InChI=1S/C47H54ClN5O21/c1-3-69-44(63)28(23-49)36-27-22-26(48)6-8-30(27)72-42(37(36)45(64)70-4-2)52-47(65)71-24-25-5-7-31(73-46-40(60)38(58)39(59)41(74-46)43(61)62)29(21-25)51-33(55)11-13-50-32(54)12-15-66-17-19-68-20-18-67-16-14-53-34(56)9-10-35(53)57/h5-10,21-22,28,36,38-41,46,58-60H,3-4,11-20,24H2,1-2H3,(H,50,54)(H,51,55)(H,52,65)(H,61,62)/t28?,36?,38-,39-,40+,41-,46+/m0/s1. The Morgan fingerprint density at radius 3 is 2.15 bits per heavy atom. The van der Waals surface area contributed by atoms with Crippen LogP contribution in [-0.2, 0) is 73.3 Å². The molecule has 0 spiro atoms. The third kappa shape index (κ3) is 15.9. The molecule has 400 valence electrons. The molecule has 2 unspecified atom stereocenters. The first-order valence-electron chi connectivity index (χ1n) is 22.9. The highest BCUT2D eigenvalue weighted by atomic mass is 35.5. The average molecular weight is 1060 g/mol. The van der Waals surface area contributed by atoms with E-state index in [4.69, 9.17) is 54.2 Å². The zero-order valence-electron chi connectivity index (χ0n) is 39.9. The number of amides is 5. The SMILES string of the molecule is CCOC(=O)C1=C(NC(=O)OCc2ccc(O[C@@H]3O[C@H](C(=O)O)[C@@H](O)[C@H](O)[C@H]3O)c(NC(=O)CCNC(=O)CCOCCOCCOCCN3C(=O)C=CC3=O)c2)Oc2ccc(Cl)cc2C1C(C#N)C(=O)OCC. The van der Waals surface area contributed by atoms with Gasteiger partial charge in [-0.15, -0.1) is 0 Å². The van der Waals surface area contributed by atoms with Crippen LogP contribution in [0.3, 0.4) is 0 Å². The van der Waals surface area contributed by atoms with Crippen LogP contribution in [0.15, 0.2) is 60.0 Å². The zero-order chi connectivity index (χ0) is 53.9. The van der Waals surface area contributed by atoms with Crippen molar-refractivity contribution in [3.63, 3.8) is 0 Å². The first-order chi connectivity index (χ1) is 35.5. The van der Waals surface area contributed by atoms with E-state index in [-0.39, 0.29) is 112 Å². The van der Waals surface area contributed by atoms with Crippen molar-refractivity contribution in [3.8, 4) is 17.6 Å². The number of imide groups is 1. The minimum atomic E-state index is -2.04. The summed E-state index contributed by atoms with van der Waals surface area (Å²) in [5, 5.41) is 58.5. The molecule has 1 fully saturated rings. The molecule has 0 saturated carbocycles. The minimum Gasteiger partial charge on any atom is -0.479 e. The average Bonchev–Trinajstić information content (AvgIpc) is 3.68. The number of carbonyl (C=O) groups is 8. The van der Waals surface area contributed by atoms with Gasteiger partial charge in [-0.1, -0.05) is 17.7 Å². The van der Waals surface area contributed by atoms with Gasteiger partial charge in [0.05, 0.1) is 77.1 Å². The lowest BCUT2D eigenvalue weighted by Gasteiger charge is -2.38. The van der Waals surface area contributed by atoms with Crippen LogP contribution in [0.2, 0.25) is 5.02 Å². The lowest BCUT2D eigenvalue weighted by atomic mass is 9.79. The molecule has 7 N–H and O–H groups in total. The molecule has 0 radical (unpaired) electrons. The number of carboxylic acid groups (broad SMARTS) is 1. The maximum Gasteiger partial charge on any atom is 0.414 e. The monoisotopic (exact) mass is 1060 g/mol. The molecule has 27 heteroatoms. The predicted octanol–water partition coefficient (Wildman–Crippen LogP) is 0.301. The van der Waals surface area contributed by atoms with Gasteiger partial charge in [-0.2, -0.15) is 5.26 Å². The van der Waals surface area contributed by atoms with Gasteiger partial charge in [0.15, 0.2) is 12.0 Å². The van der Waals surface area contributed by atoms with Crippen molar-refractivity contribution in [1.82, 2.24) is 15.5 Å². The highest BCUT2D eigenvalue weighted by molar-refractivity contribution is 6.30. The second kappa shape index (κ2) is 28.3. The summed E-state index contributed by atoms with van der Waals surface area (Å²) in [6.07, 6.45) is -9.20. The molecular weight excluding hydrogens is 1010 g/mol. The molecule has 0 aromatic heterocycles. The maximum absolute atomic E-state index is 13.5. The van der Waals surface area contributed by atoms with E-state index in [0.29, 0.717) is 0 Å². The van der Waals surface area contributed by atoms with Crippen molar-refractivity contribution >= 4 is 64.9 Å². The van der Waals surface area contributed by atoms with Crippen molar-refractivity contribution in [3.05, 3.63) is 76.2 Å². The second-order valence-corrected chi connectivity index (χ2v) is 16.3. The van der Waals surface area contributed by atoms with Gasteiger partial charge in [0.25, 0.3) is 11.8 Å². The highest BCUT2D eigenvalue weighted by Crippen LogP contribution is 2.45. The quantitative estimate of drug-likeness (QED) is 0.0274. The number of nitrogens with zero attached hydrogens (tertiary/aromatic N) is 2. The normalized spacial score (nSPS) is 20.4. The molecule has 5 amide bonds. The molecule has 3 heterocycles. The van der Waals surface area contributed by atoms with Crippen LogP contribution in [0.25, 0.3) is 0 Å². The van der Waals surface area contributed by atoms with E-state index in [0.717, 1.165) is 4.90 Å². The Kier molecular flexibility index (Phi) is 22.1. The molecule has 26 nitrogen and oxygen atoms in total. The van der Waals surface area contributed by atoms with Crippen LogP contribution < -0.4 is 25.4 Å². The number of nitrogens with one attached hydrogen (secondary N) is 3. The maximum atomic E-state index is 13.5. The zero-order valence-corrected chi connectivity index (χ0v) is 40.6. The number of hydrogen-bond donors (Lipinski definition) is 7. The predicted molar refractivity (Wildman–Crippen MR) is 248 cm³/mol.